The predicted octanol–water partition coefficient (Wildman–Crippen LogP) is 2.18. The van der Waals surface area contributed by atoms with E-state index in [0.717, 1.165) is 0 Å². The van der Waals surface area contributed by atoms with Gasteiger partial charge >= 0.3 is 6.01 Å². The molecule has 0 fully saturated rings. The highest BCUT2D eigenvalue weighted by Crippen LogP contribution is 2.32. The number of nitrogens with two attached hydrogens (primary N) is 1. The van der Waals surface area contributed by atoms with Gasteiger partial charge in [-0.1, -0.05) is 16.7 Å². The van der Waals surface area contributed by atoms with Gasteiger partial charge in [-0.15, -0.1) is 5.10 Å². The van der Waals surface area contributed by atoms with Crippen molar-refractivity contribution in [2.75, 3.05) is 10.5 Å². The highest BCUT2D eigenvalue weighted by Gasteiger charge is 2.22. The van der Waals surface area contributed by atoms with Crippen LogP contribution < -0.4 is 10.5 Å². The Labute approximate surface area is 122 Å². The molecule has 0 amide bonds. The lowest BCUT2D eigenvalue weighted by Crippen LogP contribution is -2.14. The number of nitrogens with one attached hydrogen (secondary N) is 1. The molecule has 1 aromatic carbocycles. The van der Waals surface area contributed by atoms with E-state index in [0.29, 0.717) is 0 Å². The number of aryl methyl sites for hydroxylation is 1. The molecule has 0 unspecified atom stereocenters. The first kappa shape index (κ1) is 14.1. The lowest BCUT2D eigenvalue weighted by atomic mass is 10.3. The van der Waals surface area contributed by atoms with Crippen LogP contribution in [0.3, 0.4) is 0 Å². The van der Waals surface area contributed by atoms with Crippen LogP contribution >= 0.6 is 27.5 Å². The first-order valence-corrected chi connectivity index (χ1v) is 7.52. The average Bonchev–Trinajstić information content (AvgIpc) is 2.68. The van der Waals surface area contributed by atoms with E-state index in [-0.39, 0.29) is 32.0 Å². The van der Waals surface area contributed by atoms with Crippen LogP contribution in [0.25, 0.3) is 0 Å². The number of sulfonamides is 1. The zero-order chi connectivity index (χ0) is 14.2. The van der Waals surface area contributed by atoms with Gasteiger partial charge in [0.15, 0.2) is 0 Å². The molecule has 0 saturated heterocycles. The van der Waals surface area contributed by atoms with E-state index in [1.165, 1.54) is 19.1 Å². The van der Waals surface area contributed by atoms with Crippen molar-refractivity contribution in [2.45, 2.75) is 11.8 Å². The van der Waals surface area contributed by atoms with Crippen molar-refractivity contribution in [1.82, 2.24) is 10.2 Å². The summed E-state index contributed by atoms with van der Waals surface area (Å²) >= 11 is 8.89. The minimum absolute atomic E-state index is 0.117. The van der Waals surface area contributed by atoms with Crippen molar-refractivity contribution in [2.24, 2.45) is 0 Å². The number of anilines is 2. The fourth-order valence-corrected chi connectivity index (χ4v) is 3.51. The second-order valence-corrected chi connectivity index (χ2v) is 6.42. The van der Waals surface area contributed by atoms with Gasteiger partial charge in [-0.25, -0.2) is 13.1 Å². The van der Waals surface area contributed by atoms with Gasteiger partial charge in [0.1, 0.15) is 4.90 Å². The van der Waals surface area contributed by atoms with Crippen LogP contribution in [-0.2, 0) is 10.0 Å². The van der Waals surface area contributed by atoms with Gasteiger partial charge in [0.05, 0.1) is 4.47 Å². The third-order valence-corrected chi connectivity index (χ3v) is 4.78. The Bertz CT molecular complexity index is 731. The maximum absolute atomic E-state index is 12.2. The first-order chi connectivity index (χ1) is 8.79. The molecule has 2 aromatic rings. The second kappa shape index (κ2) is 4.99. The molecule has 102 valence electrons. The van der Waals surface area contributed by atoms with Crippen molar-refractivity contribution in [3.8, 4) is 0 Å². The Hall–Kier alpha value is -1.32. The Kier molecular flexibility index (Phi) is 3.70. The van der Waals surface area contributed by atoms with E-state index in [9.17, 15) is 8.42 Å². The van der Waals surface area contributed by atoms with Gasteiger partial charge in [-0.05, 0) is 28.1 Å². The van der Waals surface area contributed by atoms with Crippen molar-refractivity contribution < 1.29 is 12.8 Å². The number of nitrogens with zero attached hydrogens (tertiary/aromatic N) is 2. The summed E-state index contributed by atoms with van der Waals surface area (Å²) in [4.78, 5) is -0.117. The second-order valence-electron chi connectivity index (χ2n) is 3.54. The lowest BCUT2D eigenvalue weighted by molar-refractivity contribution is 0.534. The molecule has 19 heavy (non-hydrogen) atoms. The van der Waals surface area contributed by atoms with Crippen LogP contribution in [0.2, 0.25) is 5.02 Å². The molecule has 7 nitrogen and oxygen atoms in total. The third kappa shape index (κ3) is 2.99. The fourth-order valence-electron chi connectivity index (χ4n) is 1.29. The molecule has 0 atom stereocenters. The normalized spacial score (nSPS) is 11.5. The molecule has 0 radical (unpaired) electrons. The van der Waals surface area contributed by atoms with Gasteiger partial charge < -0.3 is 10.2 Å². The van der Waals surface area contributed by atoms with Gasteiger partial charge in [-0.3, -0.25) is 0 Å². The smallest absolute Gasteiger partial charge is 0.329 e. The van der Waals surface area contributed by atoms with E-state index in [1.54, 1.807) is 0 Å². The number of halogens is 2. The first-order valence-electron chi connectivity index (χ1n) is 4.87. The van der Waals surface area contributed by atoms with Crippen LogP contribution in [0, 0.1) is 6.92 Å². The summed E-state index contributed by atoms with van der Waals surface area (Å²) in [5.74, 6) is 0.238. The monoisotopic (exact) mass is 366 g/mol. The number of rotatable bonds is 3. The minimum Gasteiger partial charge on any atom is -0.408 e. The zero-order valence-electron chi connectivity index (χ0n) is 9.52. The number of nitrogen functional groups attached to an aromatic ring is 1. The average molecular weight is 368 g/mol. The Morgan fingerprint density at radius 1 is 1.42 bits per heavy atom. The minimum atomic E-state index is -3.93. The van der Waals surface area contributed by atoms with Gasteiger partial charge in [-0.2, -0.15) is 0 Å². The summed E-state index contributed by atoms with van der Waals surface area (Å²) < 4.78 is 31.6. The number of hydrogen-bond acceptors (Lipinski definition) is 6. The molecule has 0 aliphatic heterocycles. The summed E-state index contributed by atoms with van der Waals surface area (Å²) in [5, 5.41) is 7.26. The van der Waals surface area contributed by atoms with Crippen molar-refractivity contribution in [3.63, 3.8) is 0 Å². The van der Waals surface area contributed by atoms with Crippen LogP contribution in [0.5, 0.6) is 0 Å². The van der Waals surface area contributed by atoms with Crippen LogP contribution in [0.1, 0.15) is 5.89 Å². The van der Waals surface area contributed by atoms with Crippen molar-refractivity contribution in [1.29, 1.82) is 0 Å². The zero-order valence-corrected chi connectivity index (χ0v) is 12.7. The van der Waals surface area contributed by atoms with E-state index in [4.69, 9.17) is 21.8 Å². The molecule has 1 aromatic heterocycles. The van der Waals surface area contributed by atoms with Crippen molar-refractivity contribution >= 4 is 49.3 Å². The summed E-state index contributed by atoms with van der Waals surface area (Å²) in [5.41, 5.74) is 5.84. The molecule has 0 spiro atoms. The number of benzene rings is 1. The molecule has 0 aliphatic carbocycles. The summed E-state index contributed by atoms with van der Waals surface area (Å²) in [6, 6.07) is 2.46. The van der Waals surface area contributed by atoms with Gasteiger partial charge in [0, 0.05) is 17.6 Å². The molecule has 0 aliphatic rings. The standard InChI is InChI=1S/C9H8BrClN4O3S/c1-4-13-14-9(18-4)15-19(16,17)7-3-5(11)2-6(12)8(7)10/h2-3H,12H2,1H3,(H,14,15). The topological polar surface area (TPSA) is 111 Å². The highest BCUT2D eigenvalue weighted by molar-refractivity contribution is 9.10. The maximum atomic E-state index is 12.2. The number of hydrogen-bond donors (Lipinski definition) is 2. The van der Waals surface area contributed by atoms with E-state index >= 15 is 0 Å². The van der Waals surface area contributed by atoms with E-state index in [1.807, 2.05) is 0 Å². The van der Waals surface area contributed by atoms with E-state index in [2.05, 4.69) is 30.8 Å². The molecule has 0 bridgehead atoms. The molecule has 2 rings (SSSR count). The Morgan fingerprint density at radius 3 is 2.68 bits per heavy atom. The van der Waals surface area contributed by atoms with Crippen molar-refractivity contribution in [3.05, 3.63) is 27.5 Å². The van der Waals surface area contributed by atoms with E-state index < -0.39 is 10.0 Å². The van der Waals surface area contributed by atoms with Gasteiger partial charge in [0.25, 0.3) is 10.0 Å². The molecular weight excluding hydrogens is 360 g/mol. The molecule has 0 saturated carbocycles. The third-order valence-electron chi connectivity index (χ3n) is 2.07. The molecule has 3 N–H and O–H groups in total. The number of aromatic nitrogens is 2. The summed E-state index contributed by atoms with van der Waals surface area (Å²) in [6.07, 6.45) is 0. The molecule has 10 heteroatoms. The Balaban J connectivity index is 2.45. The highest BCUT2D eigenvalue weighted by atomic mass is 79.9. The van der Waals surface area contributed by atoms with Crippen LogP contribution in [-0.4, -0.2) is 18.6 Å². The predicted molar refractivity (Wildman–Crippen MR) is 73.4 cm³/mol. The molecule has 1 heterocycles. The van der Waals surface area contributed by atoms with Crippen LogP contribution in [0.4, 0.5) is 11.7 Å². The quantitative estimate of drug-likeness (QED) is 0.804. The molecular formula is C9H8BrClN4O3S. The fraction of sp³-hybridized carbons (Fsp3) is 0.111. The lowest BCUT2D eigenvalue weighted by Gasteiger charge is -2.09. The summed E-state index contributed by atoms with van der Waals surface area (Å²) in [7, 11) is -3.93. The Morgan fingerprint density at radius 2 is 2.11 bits per heavy atom. The largest absolute Gasteiger partial charge is 0.408 e. The summed E-state index contributed by atoms with van der Waals surface area (Å²) in [6.45, 7) is 1.54. The SMILES string of the molecule is Cc1nnc(NS(=O)(=O)c2cc(Cl)cc(N)c2Br)o1. The maximum Gasteiger partial charge on any atom is 0.329 e. The van der Waals surface area contributed by atoms with Crippen LogP contribution in [0.15, 0.2) is 25.9 Å². The van der Waals surface area contributed by atoms with Gasteiger partial charge in [0.2, 0.25) is 5.89 Å².